The number of hydrogen-bond acceptors (Lipinski definition) is 4. The average molecular weight is 384 g/mol. The monoisotopic (exact) mass is 384 g/mol. The van der Waals surface area contributed by atoms with Crippen LogP contribution in [0.25, 0.3) is 0 Å². The van der Waals surface area contributed by atoms with Gasteiger partial charge in [0.1, 0.15) is 5.75 Å². The molecule has 0 aliphatic rings. The number of carbonyl (C=O) groups excluding carboxylic acids is 1. The maximum Gasteiger partial charge on any atom is 0.417 e. The first kappa shape index (κ1) is 20.1. The van der Waals surface area contributed by atoms with Gasteiger partial charge in [-0.1, -0.05) is 25.6 Å². The highest BCUT2D eigenvalue weighted by molar-refractivity contribution is 8.00. The second kappa shape index (κ2) is 8.44. The number of nitrogens with zero attached hydrogens (tertiary/aromatic N) is 1. The first-order chi connectivity index (χ1) is 12.2. The SMILES string of the molecule is COc1ccc(NC(=O)[C@H](Sc2ccc(C(F)(F)F)cn2)C(C)C)cc1. The lowest BCUT2D eigenvalue weighted by molar-refractivity contribution is -0.137. The Kier molecular flexibility index (Phi) is 6.52. The summed E-state index contributed by atoms with van der Waals surface area (Å²) < 4.78 is 42.9. The Morgan fingerprint density at radius 3 is 2.27 bits per heavy atom. The number of benzene rings is 1. The van der Waals surface area contributed by atoms with Gasteiger partial charge in [0.05, 0.1) is 22.9 Å². The molecule has 0 saturated carbocycles. The van der Waals surface area contributed by atoms with Crippen LogP contribution in [0, 0.1) is 5.92 Å². The van der Waals surface area contributed by atoms with Gasteiger partial charge in [0.25, 0.3) is 0 Å². The van der Waals surface area contributed by atoms with Crippen LogP contribution in [0.5, 0.6) is 5.75 Å². The summed E-state index contributed by atoms with van der Waals surface area (Å²) in [7, 11) is 1.55. The second-order valence-corrected chi connectivity index (χ2v) is 7.04. The molecule has 1 N–H and O–H groups in total. The van der Waals surface area contributed by atoms with Crippen LogP contribution in [-0.2, 0) is 11.0 Å². The Labute approximate surface area is 154 Å². The molecule has 2 aromatic rings. The first-order valence-corrected chi connectivity index (χ1v) is 8.73. The normalized spacial score (nSPS) is 12.7. The highest BCUT2D eigenvalue weighted by Gasteiger charge is 2.31. The molecule has 1 amide bonds. The minimum Gasteiger partial charge on any atom is -0.497 e. The van der Waals surface area contributed by atoms with Crippen LogP contribution in [0.2, 0.25) is 0 Å². The topological polar surface area (TPSA) is 51.2 Å². The molecule has 1 heterocycles. The number of methoxy groups -OCH3 is 1. The van der Waals surface area contributed by atoms with Crippen molar-refractivity contribution in [3.8, 4) is 5.75 Å². The van der Waals surface area contributed by atoms with Gasteiger partial charge in [-0.3, -0.25) is 4.79 Å². The van der Waals surface area contributed by atoms with E-state index < -0.39 is 17.0 Å². The quantitative estimate of drug-likeness (QED) is 0.723. The summed E-state index contributed by atoms with van der Waals surface area (Å²) in [5.74, 6) is 0.394. The van der Waals surface area contributed by atoms with E-state index in [0.717, 1.165) is 24.0 Å². The number of thioether (sulfide) groups is 1. The maximum absolute atomic E-state index is 12.6. The van der Waals surface area contributed by atoms with E-state index in [-0.39, 0.29) is 11.8 Å². The fraction of sp³-hybridized carbons (Fsp3) is 0.333. The molecule has 140 valence electrons. The minimum absolute atomic E-state index is 0.0395. The van der Waals surface area contributed by atoms with Crippen molar-refractivity contribution < 1.29 is 22.7 Å². The smallest absolute Gasteiger partial charge is 0.417 e. The molecule has 8 heteroatoms. The Bertz CT molecular complexity index is 732. The summed E-state index contributed by atoms with van der Waals surface area (Å²) in [6.45, 7) is 3.74. The molecule has 0 aliphatic heterocycles. The van der Waals surface area contributed by atoms with Crippen molar-refractivity contribution in [3.63, 3.8) is 0 Å². The molecule has 26 heavy (non-hydrogen) atoms. The predicted octanol–water partition coefficient (Wildman–Crippen LogP) is 4.86. The highest BCUT2D eigenvalue weighted by Crippen LogP contribution is 2.32. The van der Waals surface area contributed by atoms with Gasteiger partial charge in [0.15, 0.2) is 0 Å². The van der Waals surface area contributed by atoms with Crippen LogP contribution in [-0.4, -0.2) is 23.3 Å². The van der Waals surface area contributed by atoms with E-state index in [0.29, 0.717) is 16.5 Å². The average Bonchev–Trinajstić information content (AvgIpc) is 2.59. The standard InChI is InChI=1S/C18H19F3N2O2S/c1-11(2)16(17(24)23-13-5-7-14(25-3)8-6-13)26-15-9-4-12(10-22-15)18(19,20)21/h4-11,16H,1-3H3,(H,23,24)/t16-/m1/s1. The molecule has 1 aromatic heterocycles. The van der Waals surface area contributed by atoms with E-state index in [9.17, 15) is 18.0 Å². The van der Waals surface area contributed by atoms with Crippen molar-refractivity contribution in [2.75, 3.05) is 12.4 Å². The van der Waals surface area contributed by atoms with Crippen molar-refractivity contribution in [1.82, 2.24) is 4.98 Å². The van der Waals surface area contributed by atoms with Crippen molar-refractivity contribution >= 4 is 23.4 Å². The molecular weight excluding hydrogens is 365 g/mol. The van der Waals surface area contributed by atoms with E-state index >= 15 is 0 Å². The van der Waals surface area contributed by atoms with Crippen LogP contribution in [0.1, 0.15) is 19.4 Å². The Morgan fingerprint density at radius 2 is 1.81 bits per heavy atom. The summed E-state index contributed by atoms with van der Waals surface area (Å²) >= 11 is 1.14. The molecule has 0 bridgehead atoms. The predicted molar refractivity (Wildman–Crippen MR) is 95.3 cm³/mol. The molecule has 4 nitrogen and oxygen atoms in total. The summed E-state index contributed by atoms with van der Waals surface area (Å²) in [6.07, 6.45) is -3.65. The van der Waals surface area contributed by atoms with E-state index in [4.69, 9.17) is 4.74 Å². The summed E-state index contributed by atoms with van der Waals surface area (Å²) in [6, 6.07) is 9.14. The third-order valence-corrected chi connectivity index (χ3v) is 5.03. The molecule has 1 aromatic carbocycles. The van der Waals surface area contributed by atoms with E-state index in [1.165, 1.54) is 6.07 Å². The fourth-order valence-corrected chi connectivity index (χ4v) is 3.09. The third kappa shape index (κ3) is 5.39. The Hall–Kier alpha value is -2.22. The number of hydrogen-bond donors (Lipinski definition) is 1. The van der Waals surface area contributed by atoms with Crippen molar-refractivity contribution in [2.24, 2.45) is 5.92 Å². The second-order valence-electron chi connectivity index (χ2n) is 5.88. The number of nitrogens with one attached hydrogen (secondary N) is 1. The largest absolute Gasteiger partial charge is 0.497 e. The lowest BCUT2D eigenvalue weighted by Crippen LogP contribution is -2.29. The number of alkyl halides is 3. The molecule has 2 rings (SSSR count). The maximum atomic E-state index is 12.6. The van der Waals surface area contributed by atoms with Gasteiger partial charge in [0.2, 0.25) is 5.91 Å². The van der Waals surface area contributed by atoms with Gasteiger partial charge in [-0.05, 0) is 42.3 Å². The lowest BCUT2D eigenvalue weighted by Gasteiger charge is -2.19. The number of anilines is 1. The van der Waals surface area contributed by atoms with Crippen LogP contribution in [0.4, 0.5) is 18.9 Å². The molecule has 0 fully saturated rings. The van der Waals surface area contributed by atoms with E-state index in [2.05, 4.69) is 10.3 Å². The van der Waals surface area contributed by atoms with Crippen molar-refractivity contribution in [2.45, 2.75) is 30.3 Å². The summed E-state index contributed by atoms with van der Waals surface area (Å²) in [4.78, 5) is 16.4. The number of amides is 1. The van der Waals surface area contributed by atoms with Gasteiger partial charge in [-0.15, -0.1) is 0 Å². The van der Waals surface area contributed by atoms with Crippen LogP contribution in [0.3, 0.4) is 0 Å². The van der Waals surface area contributed by atoms with Crippen LogP contribution >= 0.6 is 11.8 Å². The van der Waals surface area contributed by atoms with Gasteiger partial charge in [-0.2, -0.15) is 13.2 Å². The van der Waals surface area contributed by atoms with Gasteiger partial charge in [-0.25, -0.2) is 4.98 Å². The minimum atomic E-state index is -4.43. The van der Waals surface area contributed by atoms with Crippen molar-refractivity contribution in [3.05, 3.63) is 48.2 Å². The highest BCUT2D eigenvalue weighted by atomic mass is 32.2. The number of ether oxygens (including phenoxy) is 1. The Balaban J connectivity index is 2.08. The molecule has 1 atom stereocenters. The summed E-state index contributed by atoms with van der Waals surface area (Å²) in [5.41, 5.74) is -0.201. The lowest BCUT2D eigenvalue weighted by atomic mass is 10.1. The first-order valence-electron chi connectivity index (χ1n) is 7.85. The van der Waals surface area contributed by atoms with E-state index in [1.54, 1.807) is 31.4 Å². The zero-order valence-corrected chi connectivity index (χ0v) is 15.3. The number of rotatable bonds is 6. The molecule has 0 radical (unpaired) electrons. The zero-order valence-electron chi connectivity index (χ0n) is 14.5. The Morgan fingerprint density at radius 1 is 1.15 bits per heavy atom. The molecular formula is C18H19F3N2O2S. The number of carbonyl (C=O) groups is 1. The zero-order chi connectivity index (χ0) is 19.3. The summed E-state index contributed by atoms with van der Waals surface area (Å²) in [5, 5.41) is 2.67. The number of pyridine rings is 1. The van der Waals surface area contributed by atoms with Gasteiger partial charge >= 0.3 is 6.18 Å². The molecule has 0 spiro atoms. The molecule has 0 saturated heterocycles. The number of aromatic nitrogens is 1. The van der Waals surface area contributed by atoms with Gasteiger partial charge < -0.3 is 10.1 Å². The third-order valence-electron chi connectivity index (χ3n) is 3.53. The number of halogens is 3. The van der Waals surface area contributed by atoms with Crippen molar-refractivity contribution in [1.29, 1.82) is 0 Å². The molecule has 0 aliphatic carbocycles. The molecule has 0 unspecified atom stereocenters. The van der Waals surface area contributed by atoms with Crippen LogP contribution < -0.4 is 10.1 Å². The van der Waals surface area contributed by atoms with Gasteiger partial charge in [0, 0.05) is 11.9 Å². The van der Waals surface area contributed by atoms with E-state index in [1.807, 2.05) is 13.8 Å². The fourth-order valence-electron chi connectivity index (χ4n) is 2.13. The van der Waals surface area contributed by atoms with Crippen LogP contribution in [0.15, 0.2) is 47.6 Å².